The molecule has 0 fully saturated rings. The Morgan fingerprint density at radius 3 is 2.70 bits per heavy atom. The van der Waals surface area contributed by atoms with E-state index in [1.807, 2.05) is 54.6 Å². The summed E-state index contributed by atoms with van der Waals surface area (Å²) in [6.07, 6.45) is 0.661. The number of thioether (sulfide) groups is 1. The molecule has 0 aliphatic rings. The summed E-state index contributed by atoms with van der Waals surface area (Å²) in [5, 5.41) is 7.32. The highest BCUT2D eigenvalue weighted by atomic mass is 32.2. The van der Waals surface area contributed by atoms with E-state index < -0.39 is 0 Å². The second-order valence-corrected chi connectivity index (χ2v) is 6.68. The molecule has 2 aromatic heterocycles. The maximum atomic E-state index is 12.0. The van der Waals surface area contributed by atoms with Crippen LogP contribution in [0.25, 0.3) is 11.1 Å². The van der Waals surface area contributed by atoms with Crippen molar-refractivity contribution in [2.24, 2.45) is 0 Å². The van der Waals surface area contributed by atoms with Gasteiger partial charge in [0, 0.05) is 18.5 Å². The van der Waals surface area contributed by atoms with Crippen molar-refractivity contribution in [3.05, 3.63) is 66.3 Å². The summed E-state index contributed by atoms with van der Waals surface area (Å²) < 4.78 is 10.9. The van der Waals surface area contributed by atoms with Gasteiger partial charge in [-0.2, -0.15) is 4.98 Å². The monoisotopic (exact) mass is 380 g/mol. The highest BCUT2D eigenvalue weighted by Crippen LogP contribution is 2.25. The van der Waals surface area contributed by atoms with Crippen molar-refractivity contribution in [3.63, 3.8) is 0 Å². The molecular formula is C19H16N4O3S. The van der Waals surface area contributed by atoms with E-state index in [-0.39, 0.29) is 12.3 Å². The molecule has 136 valence electrons. The fourth-order valence-corrected chi connectivity index (χ4v) is 3.14. The standard InChI is InChI=1S/C19H16N4O3S/c24-17(20-13-6-2-1-3-7-13)10-11-18-22-16(23-26-18)12-27-19-21-14-8-4-5-9-15(14)25-19/h1-9H,10-12H2,(H,20,24). The minimum absolute atomic E-state index is 0.0956. The molecule has 0 unspecified atom stereocenters. The Hall–Kier alpha value is -3.13. The van der Waals surface area contributed by atoms with Crippen molar-refractivity contribution in [1.29, 1.82) is 0 Å². The Kier molecular flexibility index (Phi) is 5.15. The minimum atomic E-state index is -0.0956. The number of aryl methyl sites for hydroxylation is 1. The number of amides is 1. The number of anilines is 1. The number of para-hydroxylation sites is 3. The highest BCUT2D eigenvalue weighted by molar-refractivity contribution is 7.98. The number of benzene rings is 2. The smallest absolute Gasteiger partial charge is 0.257 e. The molecule has 4 aromatic rings. The van der Waals surface area contributed by atoms with Crippen LogP contribution >= 0.6 is 11.8 Å². The van der Waals surface area contributed by atoms with Gasteiger partial charge >= 0.3 is 0 Å². The van der Waals surface area contributed by atoms with E-state index >= 15 is 0 Å². The zero-order valence-electron chi connectivity index (χ0n) is 14.3. The van der Waals surface area contributed by atoms with Crippen molar-refractivity contribution < 1.29 is 13.7 Å². The molecule has 1 N–H and O–H groups in total. The predicted molar refractivity (Wildman–Crippen MR) is 101 cm³/mol. The van der Waals surface area contributed by atoms with E-state index in [1.165, 1.54) is 11.8 Å². The molecule has 2 aromatic carbocycles. The van der Waals surface area contributed by atoms with Crippen LogP contribution in [0.4, 0.5) is 5.69 Å². The molecule has 8 heteroatoms. The third-order valence-corrected chi connectivity index (χ3v) is 4.56. The molecule has 27 heavy (non-hydrogen) atoms. The molecule has 0 saturated heterocycles. The van der Waals surface area contributed by atoms with Crippen molar-refractivity contribution in [1.82, 2.24) is 15.1 Å². The maximum Gasteiger partial charge on any atom is 0.257 e. The third kappa shape index (κ3) is 4.53. The molecule has 1 amide bonds. The largest absolute Gasteiger partial charge is 0.431 e. The van der Waals surface area contributed by atoms with Crippen LogP contribution in [0.2, 0.25) is 0 Å². The fourth-order valence-electron chi connectivity index (χ4n) is 2.45. The lowest BCUT2D eigenvalue weighted by Crippen LogP contribution is -2.12. The summed E-state index contributed by atoms with van der Waals surface area (Å²) in [6.45, 7) is 0. The molecule has 0 saturated carbocycles. The molecule has 4 rings (SSSR count). The Labute approximate surface area is 159 Å². The van der Waals surface area contributed by atoms with Gasteiger partial charge in [0.05, 0.1) is 5.75 Å². The van der Waals surface area contributed by atoms with Crippen molar-refractivity contribution in [3.8, 4) is 0 Å². The first-order chi connectivity index (χ1) is 13.3. The third-order valence-electron chi connectivity index (χ3n) is 3.73. The number of carbonyl (C=O) groups is 1. The van der Waals surface area contributed by atoms with Gasteiger partial charge in [0.25, 0.3) is 5.22 Å². The van der Waals surface area contributed by atoms with Crippen molar-refractivity contribution >= 4 is 34.5 Å². The van der Waals surface area contributed by atoms with E-state index in [0.717, 1.165) is 16.8 Å². The zero-order chi connectivity index (χ0) is 18.5. The Bertz CT molecular complexity index is 1010. The first-order valence-electron chi connectivity index (χ1n) is 8.41. The van der Waals surface area contributed by atoms with Gasteiger partial charge in [-0.1, -0.05) is 47.3 Å². The maximum absolute atomic E-state index is 12.0. The number of hydrogen-bond donors (Lipinski definition) is 1. The fraction of sp³-hybridized carbons (Fsp3) is 0.158. The summed E-state index contributed by atoms with van der Waals surface area (Å²) in [4.78, 5) is 20.7. The zero-order valence-corrected chi connectivity index (χ0v) is 15.1. The van der Waals surface area contributed by atoms with Crippen LogP contribution in [0.15, 0.2) is 68.8 Å². The molecule has 0 atom stereocenters. The summed E-state index contributed by atoms with van der Waals surface area (Å²) in [7, 11) is 0. The SMILES string of the molecule is O=C(CCc1nc(CSc2nc3ccccc3o2)no1)Nc1ccccc1. The van der Waals surface area contributed by atoms with E-state index in [0.29, 0.717) is 29.1 Å². The molecule has 7 nitrogen and oxygen atoms in total. The van der Waals surface area contributed by atoms with E-state index in [9.17, 15) is 4.79 Å². The normalized spacial score (nSPS) is 11.0. The molecule has 0 bridgehead atoms. The van der Waals surface area contributed by atoms with Gasteiger partial charge in [0.1, 0.15) is 5.52 Å². The van der Waals surface area contributed by atoms with Gasteiger partial charge in [0.15, 0.2) is 11.4 Å². The van der Waals surface area contributed by atoms with E-state index in [1.54, 1.807) is 0 Å². The summed E-state index contributed by atoms with van der Waals surface area (Å²) in [5.41, 5.74) is 2.33. The lowest BCUT2D eigenvalue weighted by Gasteiger charge is -2.02. The average Bonchev–Trinajstić information content (AvgIpc) is 3.32. The topological polar surface area (TPSA) is 94.0 Å². The number of nitrogens with zero attached hydrogens (tertiary/aromatic N) is 3. The van der Waals surface area contributed by atoms with Crippen LogP contribution in [-0.4, -0.2) is 21.0 Å². The number of hydrogen-bond acceptors (Lipinski definition) is 7. The quantitative estimate of drug-likeness (QED) is 0.483. The minimum Gasteiger partial charge on any atom is -0.431 e. The van der Waals surface area contributed by atoms with Gasteiger partial charge in [0.2, 0.25) is 11.8 Å². The molecule has 0 aliphatic heterocycles. The first kappa shape index (κ1) is 17.3. The highest BCUT2D eigenvalue weighted by Gasteiger charge is 2.12. The number of nitrogens with one attached hydrogen (secondary N) is 1. The lowest BCUT2D eigenvalue weighted by molar-refractivity contribution is -0.116. The second kappa shape index (κ2) is 8.05. The van der Waals surface area contributed by atoms with Crippen LogP contribution in [0.3, 0.4) is 0 Å². The number of oxazole rings is 1. The second-order valence-electron chi connectivity index (χ2n) is 5.75. The lowest BCUT2D eigenvalue weighted by atomic mass is 10.2. The summed E-state index contributed by atoms with van der Waals surface area (Å²) in [6, 6.07) is 16.9. The van der Waals surface area contributed by atoms with Crippen molar-refractivity contribution in [2.45, 2.75) is 23.8 Å². The van der Waals surface area contributed by atoms with Crippen LogP contribution in [0.5, 0.6) is 0 Å². The van der Waals surface area contributed by atoms with Crippen molar-refractivity contribution in [2.75, 3.05) is 5.32 Å². The van der Waals surface area contributed by atoms with Crippen LogP contribution < -0.4 is 5.32 Å². The Morgan fingerprint density at radius 1 is 1.04 bits per heavy atom. The number of carbonyl (C=O) groups excluding carboxylic acids is 1. The van der Waals surface area contributed by atoms with Gasteiger partial charge in [-0.05, 0) is 24.3 Å². The van der Waals surface area contributed by atoms with Crippen LogP contribution in [0.1, 0.15) is 18.1 Å². The molecular weight excluding hydrogens is 364 g/mol. The summed E-state index contributed by atoms with van der Waals surface area (Å²) >= 11 is 1.40. The molecule has 2 heterocycles. The van der Waals surface area contributed by atoms with Crippen LogP contribution in [-0.2, 0) is 17.0 Å². The van der Waals surface area contributed by atoms with Gasteiger partial charge in [-0.15, -0.1) is 0 Å². The van der Waals surface area contributed by atoms with Gasteiger partial charge in [-0.25, -0.2) is 4.98 Å². The first-order valence-corrected chi connectivity index (χ1v) is 9.39. The van der Waals surface area contributed by atoms with E-state index in [2.05, 4.69) is 20.4 Å². The number of fused-ring (bicyclic) bond motifs is 1. The van der Waals surface area contributed by atoms with Crippen LogP contribution in [0, 0.1) is 0 Å². The van der Waals surface area contributed by atoms with Gasteiger partial charge < -0.3 is 14.3 Å². The number of aromatic nitrogens is 3. The average molecular weight is 380 g/mol. The summed E-state index contributed by atoms with van der Waals surface area (Å²) in [5.74, 6) is 1.36. The Morgan fingerprint density at radius 2 is 1.85 bits per heavy atom. The number of rotatable bonds is 7. The Balaban J connectivity index is 1.27. The molecule has 0 spiro atoms. The predicted octanol–water partition coefficient (Wildman–Crippen LogP) is 4.07. The van der Waals surface area contributed by atoms with E-state index in [4.69, 9.17) is 8.94 Å². The molecule has 0 aliphatic carbocycles. The molecule has 0 radical (unpaired) electrons. The van der Waals surface area contributed by atoms with Gasteiger partial charge in [-0.3, -0.25) is 4.79 Å².